The van der Waals surface area contributed by atoms with Crippen molar-refractivity contribution < 1.29 is 38.1 Å². The SMILES string of the molecule is COC(=O)C1CC(OC(=O)c2cc(C)c(OC(=O)Cc3ccncc3)c(OC)c2)C[C@@H]2CN3CCc4c([nH]c5cc(OC)ccc45)C3C[C@H]12. The van der Waals surface area contributed by atoms with Crippen molar-refractivity contribution in [2.75, 3.05) is 34.4 Å². The first-order valence-corrected chi connectivity index (χ1v) is 16.8. The van der Waals surface area contributed by atoms with Gasteiger partial charge in [0.1, 0.15) is 11.9 Å². The predicted octanol–water partition coefficient (Wildman–Crippen LogP) is 5.38. The molecule has 3 unspecified atom stereocenters. The summed E-state index contributed by atoms with van der Waals surface area (Å²) in [4.78, 5) is 49.7. The van der Waals surface area contributed by atoms with E-state index in [1.807, 2.05) is 12.1 Å². The van der Waals surface area contributed by atoms with Gasteiger partial charge in [-0.1, -0.05) is 0 Å². The van der Waals surface area contributed by atoms with E-state index < -0.39 is 24.0 Å². The highest BCUT2D eigenvalue weighted by molar-refractivity contribution is 5.91. The first kappa shape index (κ1) is 32.6. The molecule has 2 aliphatic heterocycles. The molecule has 3 aliphatic rings. The number of aryl methyl sites for hydroxylation is 1. The second-order valence-electron chi connectivity index (χ2n) is 13.3. The topological polar surface area (TPSA) is 129 Å². The highest BCUT2D eigenvalue weighted by Crippen LogP contribution is 2.50. The lowest BCUT2D eigenvalue weighted by atomic mass is 9.65. The highest BCUT2D eigenvalue weighted by atomic mass is 16.6. The number of ether oxygens (including phenoxy) is 5. The molecule has 5 atom stereocenters. The lowest BCUT2D eigenvalue weighted by Crippen LogP contribution is -2.52. The molecule has 0 radical (unpaired) electrons. The number of piperidine rings is 1. The maximum absolute atomic E-state index is 13.6. The number of nitrogens with zero attached hydrogens (tertiary/aromatic N) is 2. The number of pyridine rings is 1. The van der Waals surface area contributed by atoms with E-state index in [2.05, 4.69) is 20.9 Å². The standard InChI is InChI=1S/C38H41N3O8/c1-21-13-23(16-33(46-3)36(21)49-34(42)14-22-7-10-39-11-8-22)37(43)48-26-15-24-20-41-12-9-28-27-6-5-25(45-2)18-31(27)40-35(28)32(41)19-29(24)30(17-26)38(44)47-4/h5-8,10-11,13,16,18,24,26,29-30,32,40H,9,12,14-15,17,19-20H2,1-4H3/t24-,26?,29+,30?,32?/m1/s1. The number of esters is 3. The van der Waals surface area contributed by atoms with Crippen molar-refractivity contribution in [1.82, 2.24) is 14.9 Å². The van der Waals surface area contributed by atoms with Crippen molar-refractivity contribution in [2.45, 2.75) is 51.2 Å². The van der Waals surface area contributed by atoms with Gasteiger partial charge in [-0.2, -0.15) is 0 Å². The van der Waals surface area contributed by atoms with Crippen LogP contribution in [0.5, 0.6) is 17.2 Å². The van der Waals surface area contributed by atoms with E-state index in [1.54, 1.807) is 44.6 Å². The van der Waals surface area contributed by atoms with Gasteiger partial charge in [0.2, 0.25) is 0 Å². The third kappa shape index (κ3) is 6.35. The van der Waals surface area contributed by atoms with Crippen LogP contribution in [-0.4, -0.2) is 73.3 Å². The Labute approximate surface area is 284 Å². The minimum absolute atomic E-state index is 0.0659. The maximum atomic E-state index is 13.6. The summed E-state index contributed by atoms with van der Waals surface area (Å²) in [6.07, 6.45) is 5.64. The molecule has 2 aromatic carbocycles. The van der Waals surface area contributed by atoms with Crippen LogP contribution in [0.2, 0.25) is 0 Å². The molecule has 7 rings (SSSR count). The number of rotatable bonds is 8. The van der Waals surface area contributed by atoms with Crippen molar-refractivity contribution in [3.63, 3.8) is 0 Å². The molecule has 4 aromatic rings. The summed E-state index contributed by atoms with van der Waals surface area (Å²) >= 11 is 0. The predicted molar refractivity (Wildman–Crippen MR) is 180 cm³/mol. The van der Waals surface area contributed by atoms with Gasteiger partial charge in [0, 0.05) is 48.1 Å². The molecule has 1 saturated carbocycles. The minimum Gasteiger partial charge on any atom is -0.497 e. The van der Waals surface area contributed by atoms with Crippen LogP contribution in [0.15, 0.2) is 54.9 Å². The second kappa shape index (κ2) is 13.5. The van der Waals surface area contributed by atoms with Gasteiger partial charge in [-0.3, -0.25) is 19.5 Å². The molecular formula is C38H41N3O8. The molecule has 11 heteroatoms. The number of fused-ring (bicyclic) bond motifs is 6. The summed E-state index contributed by atoms with van der Waals surface area (Å²) < 4.78 is 28.1. The van der Waals surface area contributed by atoms with E-state index in [4.69, 9.17) is 23.7 Å². The number of benzene rings is 2. The molecule has 2 aromatic heterocycles. The minimum atomic E-state index is -0.520. The average molecular weight is 668 g/mol. The molecule has 49 heavy (non-hydrogen) atoms. The molecule has 256 valence electrons. The summed E-state index contributed by atoms with van der Waals surface area (Å²) in [5.74, 6) is -0.0603. The number of methoxy groups -OCH3 is 3. The van der Waals surface area contributed by atoms with Gasteiger partial charge in [0.25, 0.3) is 0 Å². The van der Waals surface area contributed by atoms with E-state index in [0.29, 0.717) is 18.4 Å². The molecular weight excluding hydrogens is 626 g/mol. The molecule has 2 fully saturated rings. The molecule has 1 N–H and O–H groups in total. The lowest BCUT2D eigenvalue weighted by molar-refractivity contribution is -0.155. The van der Waals surface area contributed by atoms with E-state index in [1.165, 1.54) is 36.9 Å². The summed E-state index contributed by atoms with van der Waals surface area (Å²) in [6, 6.07) is 13.0. The normalized spacial score (nSPS) is 23.1. The van der Waals surface area contributed by atoms with Gasteiger partial charge in [0.05, 0.1) is 45.3 Å². The zero-order valence-electron chi connectivity index (χ0n) is 28.2. The number of nitrogens with one attached hydrogen (secondary N) is 1. The summed E-state index contributed by atoms with van der Waals surface area (Å²) in [6.45, 7) is 3.48. The van der Waals surface area contributed by atoms with Crippen molar-refractivity contribution >= 4 is 28.8 Å². The first-order chi connectivity index (χ1) is 23.8. The fourth-order valence-electron chi connectivity index (χ4n) is 8.23. The van der Waals surface area contributed by atoms with Gasteiger partial charge in [-0.25, -0.2) is 4.79 Å². The van der Waals surface area contributed by atoms with Crippen molar-refractivity contribution in [3.8, 4) is 17.2 Å². The summed E-state index contributed by atoms with van der Waals surface area (Å²) in [7, 11) is 4.55. The Bertz CT molecular complexity index is 1890. The number of carbonyl (C=O) groups excluding carboxylic acids is 3. The average Bonchev–Trinajstić information content (AvgIpc) is 3.49. The van der Waals surface area contributed by atoms with Crippen LogP contribution in [0.25, 0.3) is 10.9 Å². The van der Waals surface area contributed by atoms with E-state index in [9.17, 15) is 14.4 Å². The Morgan fingerprint density at radius 2 is 1.80 bits per heavy atom. The van der Waals surface area contributed by atoms with Gasteiger partial charge in [-0.05, 0) is 97.5 Å². The number of hydrogen-bond acceptors (Lipinski definition) is 10. The first-order valence-electron chi connectivity index (χ1n) is 16.8. The van der Waals surface area contributed by atoms with Crippen LogP contribution in [-0.2, 0) is 31.9 Å². The van der Waals surface area contributed by atoms with Gasteiger partial charge in [-0.15, -0.1) is 0 Å². The van der Waals surface area contributed by atoms with Crippen LogP contribution >= 0.6 is 0 Å². The lowest BCUT2D eigenvalue weighted by Gasteiger charge is -2.51. The molecule has 0 bridgehead atoms. The zero-order valence-corrected chi connectivity index (χ0v) is 28.2. The summed E-state index contributed by atoms with van der Waals surface area (Å²) in [5, 5.41) is 1.22. The molecule has 1 aliphatic carbocycles. The van der Waals surface area contributed by atoms with E-state index in [0.717, 1.165) is 42.8 Å². The molecule has 0 amide bonds. The van der Waals surface area contributed by atoms with Gasteiger partial charge >= 0.3 is 17.9 Å². The number of carbonyl (C=O) groups is 3. The number of aromatic nitrogens is 2. The Morgan fingerprint density at radius 1 is 0.980 bits per heavy atom. The Kier molecular flexibility index (Phi) is 9.02. The van der Waals surface area contributed by atoms with E-state index >= 15 is 0 Å². The van der Waals surface area contributed by atoms with Crippen molar-refractivity contribution in [1.29, 1.82) is 0 Å². The molecule has 0 spiro atoms. The fraction of sp³-hybridized carbons (Fsp3) is 0.421. The van der Waals surface area contributed by atoms with Crippen LogP contribution in [0.3, 0.4) is 0 Å². The highest BCUT2D eigenvalue weighted by Gasteiger charge is 2.49. The van der Waals surface area contributed by atoms with Crippen LogP contribution in [0.1, 0.15) is 58.0 Å². The Hall–Kier alpha value is -4.90. The van der Waals surface area contributed by atoms with Crippen LogP contribution in [0, 0.1) is 24.7 Å². The smallest absolute Gasteiger partial charge is 0.338 e. The van der Waals surface area contributed by atoms with E-state index in [-0.39, 0.29) is 47.3 Å². The molecule has 1 saturated heterocycles. The van der Waals surface area contributed by atoms with Crippen LogP contribution < -0.4 is 14.2 Å². The number of H-pyrrole nitrogens is 1. The Morgan fingerprint density at radius 3 is 2.55 bits per heavy atom. The summed E-state index contributed by atoms with van der Waals surface area (Å²) in [5.41, 5.74) is 5.24. The second-order valence-corrected chi connectivity index (χ2v) is 13.3. The maximum Gasteiger partial charge on any atom is 0.338 e. The zero-order chi connectivity index (χ0) is 34.2. The monoisotopic (exact) mass is 667 g/mol. The number of hydrogen-bond donors (Lipinski definition) is 1. The van der Waals surface area contributed by atoms with Crippen molar-refractivity contribution in [3.05, 3.63) is 82.8 Å². The van der Waals surface area contributed by atoms with Gasteiger partial charge < -0.3 is 28.7 Å². The van der Waals surface area contributed by atoms with Gasteiger partial charge in [0.15, 0.2) is 11.5 Å². The quantitative estimate of drug-likeness (QED) is 0.193. The third-order valence-corrected chi connectivity index (χ3v) is 10.5. The molecule has 11 nitrogen and oxygen atoms in total. The fourth-order valence-corrected chi connectivity index (χ4v) is 8.23. The third-order valence-electron chi connectivity index (χ3n) is 10.5. The Balaban J connectivity index is 1.07. The van der Waals surface area contributed by atoms with Crippen LogP contribution in [0.4, 0.5) is 0 Å². The largest absolute Gasteiger partial charge is 0.497 e. The number of aromatic amines is 1. The van der Waals surface area contributed by atoms with Crippen molar-refractivity contribution in [2.24, 2.45) is 17.8 Å². The molecule has 4 heterocycles.